The molecule has 6 nitrogen and oxygen atoms in total. The molecule has 2 N–H and O–H groups in total. The van der Waals surface area contributed by atoms with Crippen molar-refractivity contribution in [1.82, 2.24) is 15.4 Å². The van der Waals surface area contributed by atoms with Crippen molar-refractivity contribution in [2.45, 2.75) is 49.8 Å². The van der Waals surface area contributed by atoms with Gasteiger partial charge in [0.2, 0.25) is 0 Å². The number of likely N-dealkylation sites (tertiary alicyclic amines) is 1. The highest BCUT2D eigenvalue weighted by Gasteiger charge is 2.40. The summed E-state index contributed by atoms with van der Waals surface area (Å²) >= 11 is 0. The number of aliphatic hydroxyl groups is 1. The van der Waals surface area contributed by atoms with Gasteiger partial charge in [-0.25, -0.2) is 0 Å². The molecule has 1 aromatic rings. The van der Waals surface area contributed by atoms with E-state index in [1.807, 2.05) is 0 Å². The standard InChI is InChI=1S/C14H19N3O3/c18-12-7-17(9-3-4-9)6-11(12)15-14(19)10-5-13(20-16-10)8-1-2-8/h5,8-9,11-12,18H,1-4,6-7H2,(H,15,19)/t11-,12-/m1/s1. The molecular weight excluding hydrogens is 258 g/mol. The smallest absolute Gasteiger partial charge is 0.273 e. The quantitative estimate of drug-likeness (QED) is 0.837. The first-order chi connectivity index (χ1) is 9.70. The minimum Gasteiger partial charge on any atom is -0.390 e. The number of carbonyl (C=O) groups is 1. The van der Waals surface area contributed by atoms with E-state index >= 15 is 0 Å². The lowest BCUT2D eigenvalue weighted by Crippen LogP contribution is -2.43. The van der Waals surface area contributed by atoms with E-state index in [4.69, 9.17) is 4.52 Å². The second-order valence-electron chi connectivity index (χ2n) is 6.22. The number of hydrogen-bond donors (Lipinski definition) is 2. The molecule has 0 unspecified atom stereocenters. The SMILES string of the molecule is O=C(N[C@@H]1CN(C2CC2)C[C@H]1O)c1cc(C2CC2)on1. The van der Waals surface area contributed by atoms with Gasteiger partial charge in [-0.1, -0.05) is 5.16 Å². The van der Waals surface area contributed by atoms with Crippen molar-refractivity contribution >= 4 is 5.91 Å². The number of carbonyl (C=O) groups excluding carboxylic acids is 1. The minimum absolute atomic E-state index is 0.204. The summed E-state index contributed by atoms with van der Waals surface area (Å²) in [5.41, 5.74) is 0.323. The first-order valence-corrected chi connectivity index (χ1v) is 7.40. The van der Waals surface area contributed by atoms with E-state index in [0.29, 0.717) is 24.2 Å². The number of nitrogens with one attached hydrogen (secondary N) is 1. The van der Waals surface area contributed by atoms with Gasteiger partial charge in [0, 0.05) is 31.1 Å². The van der Waals surface area contributed by atoms with Gasteiger partial charge in [-0.05, 0) is 25.7 Å². The Morgan fingerprint density at radius 1 is 1.35 bits per heavy atom. The van der Waals surface area contributed by atoms with Crippen molar-refractivity contribution in [1.29, 1.82) is 0 Å². The third-order valence-corrected chi connectivity index (χ3v) is 4.44. The summed E-state index contributed by atoms with van der Waals surface area (Å²) in [4.78, 5) is 14.4. The highest BCUT2D eigenvalue weighted by atomic mass is 16.5. The van der Waals surface area contributed by atoms with E-state index < -0.39 is 6.10 Å². The van der Waals surface area contributed by atoms with Crippen LogP contribution in [0.25, 0.3) is 0 Å². The Morgan fingerprint density at radius 3 is 2.85 bits per heavy atom. The topological polar surface area (TPSA) is 78.6 Å². The van der Waals surface area contributed by atoms with Crippen LogP contribution in [-0.2, 0) is 0 Å². The maximum atomic E-state index is 12.1. The first kappa shape index (κ1) is 12.3. The van der Waals surface area contributed by atoms with Crippen LogP contribution in [0.5, 0.6) is 0 Å². The van der Waals surface area contributed by atoms with E-state index in [9.17, 15) is 9.90 Å². The third-order valence-electron chi connectivity index (χ3n) is 4.44. The molecule has 2 atom stereocenters. The number of aromatic nitrogens is 1. The van der Waals surface area contributed by atoms with Crippen LogP contribution in [0.1, 0.15) is 47.8 Å². The van der Waals surface area contributed by atoms with Gasteiger partial charge in [-0.15, -0.1) is 0 Å². The summed E-state index contributed by atoms with van der Waals surface area (Å²) in [6.07, 6.45) is 4.17. The normalized spacial score (nSPS) is 30.6. The van der Waals surface area contributed by atoms with Crippen molar-refractivity contribution < 1.29 is 14.4 Å². The molecule has 4 rings (SSSR count). The van der Waals surface area contributed by atoms with Crippen molar-refractivity contribution in [3.8, 4) is 0 Å². The van der Waals surface area contributed by atoms with Crippen molar-refractivity contribution in [2.75, 3.05) is 13.1 Å². The number of hydrogen-bond acceptors (Lipinski definition) is 5. The molecule has 20 heavy (non-hydrogen) atoms. The predicted octanol–water partition coefficient (Wildman–Crippen LogP) is 0.489. The van der Waals surface area contributed by atoms with Crippen molar-refractivity contribution in [3.63, 3.8) is 0 Å². The van der Waals surface area contributed by atoms with Gasteiger partial charge in [0.15, 0.2) is 5.69 Å². The zero-order valence-electron chi connectivity index (χ0n) is 11.3. The zero-order valence-corrected chi connectivity index (χ0v) is 11.3. The molecule has 3 fully saturated rings. The van der Waals surface area contributed by atoms with Gasteiger partial charge in [-0.2, -0.15) is 0 Å². The Hall–Kier alpha value is -1.40. The first-order valence-electron chi connectivity index (χ1n) is 7.40. The van der Waals surface area contributed by atoms with E-state index in [1.54, 1.807) is 6.07 Å². The zero-order chi connectivity index (χ0) is 13.7. The summed E-state index contributed by atoms with van der Waals surface area (Å²) < 4.78 is 5.19. The second-order valence-corrected chi connectivity index (χ2v) is 6.22. The molecule has 108 valence electrons. The molecule has 0 spiro atoms. The molecule has 1 amide bonds. The Balaban J connectivity index is 1.38. The maximum absolute atomic E-state index is 12.1. The highest BCUT2D eigenvalue weighted by Crippen LogP contribution is 2.40. The van der Waals surface area contributed by atoms with Crippen LogP contribution in [0.3, 0.4) is 0 Å². The van der Waals surface area contributed by atoms with Crippen LogP contribution in [0.15, 0.2) is 10.6 Å². The fourth-order valence-electron chi connectivity index (χ4n) is 2.89. The van der Waals surface area contributed by atoms with Crippen molar-refractivity contribution in [3.05, 3.63) is 17.5 Å². The number of nitrogens with zero attached hydrogens (tertiary/aromatic N) is 2. The van der Waals surface area contributed by atoms with Crippen LogP contribution in [0.4, 0.5) is 0 Å². The van der Waals surface area contributed by atoms with Gasteiger partial charge >= 0.3 is 0 Å². The van der Waals surface area contributed by atoms with Gasteiger partial charge in [0.25, 0.3) is 5.91 Å². The fraction of sp³-hybridized carbons (Fsp3) is 0.714. The molecule has 2 heterocycles. The molecule has 1 aromatic heterocycles. The molecular formula is C14H19N3O3. The number of rotatable bonds is 4. The largest absolute Gasteiger partial charge is 0.390 e. The lowest BCUT2D eigenvalue weighted by Gasteiger charge is -2.15. The van der Waals surface area contributed by atoms with Crippen LogP contribution >= 0.6 is 0 Å². The Morgan fingerprint density at radius 2 is 2.15 bits per heavy atom. The van der Waals surface area contributed by atoms with Crippen LogP contribution < -0.4 is 5.32 Å². The summed E-state index contributed by atoms with van der Waals surface area (Å²) in [7, 11) is 0. The van der Waals surface area contributed by atoms with Gasteiger partial charge in [0.1, 0.15) is 5.76 Å². The average Bonchev–Trinajstić information content (AvgIpc) is 3.36. The third kappa shape index (κ3) is 2.33. The second kappa shape index (κ2) is 4.56. The predicted molar refractivity (Wildman–Crippen MR) is 70.3 cm³/mol. The average molecular weight is 277 g/mol. The van der Waals surface area contributed by atoms with E-state index in [0.717, 1.165) is 25.1 Å². The number of amides is 1. The van der Waals surface area contributed by atoms with E-state index in [1.165, 1.54) is 12.8 Å². The molecule has 0 bridgehead atoms. The monoisotopic (exact) mass is 277 g/mol. The van der Waals surface area contributed by atoms with Gasteiger partial charge < -0.3 is 14.9 Å². The van der Waals surface area contributed by atoms with Gasteiger partial charge in [-0.3, -0.25) is 9.69 Å². The van der Waals surface area contributed by atoms with Crippen LogP contribution in [0.2, 0.25) is 0 Å². The Bertz CT molecular complexity index is 521. The van der Waals surface area contributed by atoms with Gasteiger partial charge in [0.05, 0.1) is 12.1 Å². The molecule has 0 aromatic carbocycles. The Labute approximate surface area is 117 Å². The summed E-state index contributed by atoms with van der Waals surface area (Å²) in [5, 5.41) is 16.7. The summed E-state index contributed by atoms with van der Waals surface area (Å²) in [5.74, 6) is 1.01. The number of β-amino-alcohol motifs (C(OH)–C–C–N with tert-alkyl or cyclic N) is 1. The lowest BCUT2D eigenvalue weighted by molar-refractivity contribution is 0.0879. The molecule has 2 saturated carbocycles. The fourth-order valence-corrected chi connectivity index (χ4v) is 2.89. The van der Waals surface area contributed by atoms with Crippen LogP contribution in [0, 0.1) is 0 Å². The van der Waals surface area contributed by atoms with Crippen LogP contribution in [-0.4, -0.2) is 52.3 Å². The maximum Gasteiger partial charge on any atom is 0.273 e. The van der Waals surface area contributed by atoms with Crippen molar-refractivity contribution in [2.24, 2.45) is 0 Å². The molecule has 6 heteroatoms. The molecule has 2 aliphatic carbocycles. The number of aliphatic hydroxyl groups excluding tert-OH is 1. The summed E-state index contributed by atoms with van der Waals surface area (Å²) in [6.45, 7) is 1.38. The lowest BCUT2D eigenvalue weighted by atomic mass is 10.2. The molecule has 0 radical (unpaired) electrons. The highest BCUT2D eigenvalue weighted by molar-refractivity contribution is 5.92. The Kier molecular flexibility index (Phi) is 2.82. The molecule has 3 aliphatic rings. The van der Waals surface area contributed by atoms with E-state index in [2.05, 4.69) is 15.4 Å². The van der Waals surface area contributed by atoms with E-state index in [-0.39, 0.29) is 11.9 Å². The molecule has 1 aliphatic heterocycles. The minimum atomic E-state index is -0.491. The summed E-state index contributed by atoms with van der Waals surface area (Å²) in [6, 6.07) is 2.14. The molecule has 1 saturated heterocycles.